The largest absolute Gasteiger partial charge is 0.480 e. The Kier molecular flexibility index (Phi) is 34.1. The van der Waals surface area contributed by atoms with Crippen molar-refractivity contribution in [2.24, 2.45) is 5.73 Å². The molecular weight excluding hydrogens is 685 g/mol. The number of esters is 2. The summed E-state index contributed by atoms with van der Waals surface area (Å²) in [5.74, 6) is -2.41. The monoisotopic (exact) mass is 757 g/mol. The lowest BCUT2D eigenvalue weighted by Gasteiger charge is -2.20. The van der Waals surface area contributed by atoms with Crippen molar-refractivity contribution in [3.63, 3.8) is 0 Å². The van der Waals surface area contributed by atoms with Gasteiger partial charge in [0.15, 0.2) is 6.10 Å². The zero-order valence-corrected chi connectivity index (χ0v) is 33.3. The van der Waals surface area contributed by atoms with Gasteiger partial charge in [-0.1, -0.05) is 140 Å². The molecule has 1 unspecified atom stereocenters. The van der Waals surface area contributed by atoms with Crippen LogP contribution in [0.3, 0.4) is 0 Å². The molecule has 302 valence electrons. The van der Waals surface area contributed by atoms with Crippen molar-refractivity contribution in [3.05, 3.63) is 36.5 Å². The van der Waals surface area contributed by atoms with E-state index in [-0.39, 0.29) is 19.4 Å². The quantitative estimate of drug-likeness (QED) is 0.0238. The van der Waals surface area contributed by atoms with Crippen LogP contribution in [0, 0.1) is 0 Å². The molecule has 0 spiro atoms. The van der Waals surface area contributed by atoms with Crippen LogP contribution in [0.25, 0.3) is 0 Å². The Hall–Kier alpha value is -2.30. The number of carbonyl (C=O) groups is 3. The topological polar surface area (TPSA) is 172 Å². The van der Waals surface area contributed by atoms with Gasteiger partial charge < -0.3 is 25.2 Å². The molecule has 0 fully saturated rings. The van der Waals surface area contributed by atoms with Crippen molar-refractivity contribution in [3.8, 4) is 0 Å². The number of phosphoric acid groups is 1. The summed E-state index contributed by atoms with van der Waals surface area (Å²) in [4.78, 5) is 45.8. The Labute approximate surface area is 314 Å². The van der Waals surface area contributed by atoms with Crippen LogP contribution in [0.4, 0.5) is 0 Å². The van der Waals surface area contributed by atoms with Crippen LogP contribution < -0.4 is 5.73 Å². The summed E-state index contributed by atoms with van der Waals surface area (Å²) in [7, 11) is -4.71. The summed E-state index contributed by atoms with van der Waals surface area (Å²) >= 11 is 0. The second-order valence-corrected chi connectivity index (χ2v) is 14.9. The highest BCUT2D eigenvalue weighted by atomic mass is 31.2. The Balaban J connectivity index is 4.45. The predicted octanol–water partition coefficient (Wildman–Crippen LogP) is 10.1. The number of ether oxygens (including phenoxy) is 2. The van der Waals surface area contributed by atoms with Gasteiger partial charge in [0.25, 0.3) is 0 Å². The van der Waals surface area contributed by atoms with Crippen molar-refractivity contribution >= 4 is 25.7 Å². The van der Waals surface area contributed by atoms with E-state index in [9.17, 15) is 23.8 Å². The number of carboxylic acid groups (broad SMARTS) is 1. The molecule has 3 atom stereocenters. The maximum absolute atomic E-state index is 12.6. The van der Waals surface area contributed by atoms with E-state index in [4.69, 9.17) is 24.8 Å². The molecule has 0 rings (SSSR count). The van der Waals surface area contributed by atoms with Crippen molar-refractivity contribution in [2.75, 3.05) is 19.8 Å². The van der Waals surface area contributed by atoms with Crippen LogP contribution in [0.2, 0.25) is 0 Å². The highest BCUT2D eigenvalue weighted by molar-refractivity contribution is 7.47. The first kappa shape index (κ1) is 49.7. The molecule has 0 radical (unpaired) electrons. The Bertz CT molecular complexity index is 1030. The van der Waals surface area contributed by atoms with Crippen molar-refractivity contribution in [2.45, 2.75) is 180 Å². The third-order valence-corrected chi connectivity index (χ3v) is 9.34. The predicted molar refractivity (Wildman–Crippen MR) is 208 cm³/mol. The molecule has 0 saturated carbocycles. The number of allylic oxidation sites excluding steroid dienone is 6. The Morgan fingerprint density at radius 1 is 0.596 bits per heavy atom. The highest BCUT2D eigenvalue weighted by Crippen LogP contribution is 2.43. The van der Waals surface area contributed by atoms with E-state index in [2.05, 4.69) is 54.8 Å². The van der Waals surface area contributed by atoms with E-state index in [0.29, 0.717) is 12.8 Å². The van der Waals surface area contributed by atoms with E-state index in [1.807, 2.05) is 0 Å². The van der Waals surface area contributed by atoms with E-state index >= 15 is 0 Å². The smallest absolute Gasteiger partial charge is 0.472 e. The third-order valence-electron chi connectivity index (χ3n) is 8.39. The van der Waals surface area contributed by atoms with Gasteiger partial charge in [-0.15, -0.1) is 0 Å². The van der Waals surface area contributed by atoms with Crippen LogP contribution in [-0.2, 0) is 37.5 Å². The zero-order chi connectivity index (χ0) is 38.5. The van der Waals surface area contributed by atoms with E-state index < -0.39 is 51.1 Å². The molecule has 0 aromatic heterocycles. The summed E-state index contributed by atoms with van der Waals surface area (Å²) in [5, 5.41) is 8.86. The second-order valence-electron chi connectivity index (χ2n) is 13.4. The molecule has 0 saturated heterocycles. The van der Waals surface area contributed by atoms with Gasteiger partial charge in [-0.2, -0.15) is 0 Å². The number of hydrogen-bond acceptors (Lipinski definition) is 9. The van der Waals surface area contributed by atoms with Crippen molar-refractivity contribution in [1.82, 2.24) is 0 Å². The first-order valence-corrected chi connectivity index (χ1v) is 21.5. The molecule has 0 aromatic rings. The number of carboxylic acids is 1. The average Bonchev–Trinajstić information content (AvgIpc) is 3.12. The lowest BCUT2D eigenvalue weighted by molar-refractivity contribution is -0.161. The van der Waals surface area contributed by atoms with Crippen molar-refractivity contribution in [1.29, 1.82) is 0 Å². The minimum atomic E-state index is -4.71. The molecule has 0 aliphatic rings. The fraction of sp³-hybridized carbons (Fsp3) is 0.775. The van der Waals surface area contributed by atoms with E-state index in [0.717, 1.165) is 64.2 Å². The molecule has 0 aliphatic carbocycles. The standard InChI is InChI=1S/C40H72NO10P/c1-3-5-7-9-11-13-15-16-17-18-19-20-22-24-26-28-30-32-39(43)51-36(34-49-52(46,47)50-35-37(41)40(44)45)33-48-38(42)31-29-27-25-23-21-14-12-10-8-6-4-2/h11,13,16-17,19-20,36-37H,3-10,12,14-15,18,21-35,41H2,1-2H3,(H,44,45)(H,46,47)/b13-11-,17-16-,20-19-/t36-,37+/m1/s1. The molecule has 0 amide bonds. The molecule has 0 heterocycles. The molecular formula is C40H72NO10P. The lowest BCUT2D eigenvalue weighted by atomic mass is 10.1. The van der Waals surface area contributed by atoms with Gasteiger partial charge in [0.05, 0.1) is 13.2 Å². The summed E-state index contributed by atoms with van der Waals surface area (Å²) in [6, 6.07) is -1.52. The summed E-state index contributed by atoms with van der Waals surface area (Å²) in [6.07, 6.45) is 36.4. The van der Waals surface area contributed by atoms with Gasteiger partial charge in [0.1, 0.15) is 12.6 Å². The van der Waals surface area contributed by atoms with Gasteiger partial charge in [-0.25, -0.2) is 4.57 Å². The normalized spacial score (nSPS) is 14.2. The van der Waals surface area contributed by atoms with Crippen molar-refractivity contribution < 1.29 is 47.5 Å². The number of rotatable bonds is 37. The van der Waals surface area contributed by atoms with Crippen LogP contribution in [0.5, 0.6) is 0 Å². The lowest BCUT2D eigenvalue weighted by Crippen LogP contribution is -2.34. The molecule has 0 aliphatic heterocycles. The maximum Gasteiger partial charge on any atom is 0.472 e. The van der Waals surface area contributed by atoms with E-state index in [1.165, 1.54) is 64.2 Å². The molecule has 12 heteroatoms. The minimum Gasteiger partial charge on any atom is -0.480 e. The van der Waals surface area contributed by atoms with E-state index in [1.54, 1.807) is 0 Å². The number of aliphatic carboxylic acids is 1. The fourth-order valence-electron chi connectivity index (χ4n) is 5.19. The van der Waals surface area contributed by atoms with Crippen LogP contribution >= 0.6 is 7.82 Å². The maximum atomic E-state index is 12.6. The SMILES string of the molecule is CCCCC/C=C\C/C=C\C/C=C\CCCCCCC(=O)O[C@H](COC(=O)CCCCCCCCCCCCC)COP(=O)(O)OC[C@H](N)C(=O)O. The van der Waals surface area contributed by atoms with Crippen LogP contribution in [0.1, 0.15) is 168 Å². The first-order chi connectivity index (χ1) is 25.1. The first-order valence-electron chi connectivity index (χ1n) is 20.0. The van der Waals surface area contributed by atoms with Gasteiger partial charge >= 0.3 is 25.7 Å². The average molecular weight is 758 g/mol. The van der Waals surface area contributed by atoms with Gasteiger partial charge in [-0.05, 0) is 51.4 Å². The van der Waals surface area contributed by atoms with Crippen LogP contribution in [0.15, 0.2) is 36.5 Å². The van der Waals surface area contributed by atoms with Crippen LogP contribution in [-0.4, -0.2) is 59.9 Å². The number of unbranched alkanes of at least 4 members (excludes halogenated alkanes) is 17. The molecule has 4 N–H and O–H groups in total. The second kappa shape index (κ2) is 35.7. The number of hydrogen-bond donors (Lipinski definition) is 3. The molecule has 52 heavy (non-hydrogen) atoms. The molecule has 0 bridgehead atoms. The van der Waals surface area contributed by atoms with Gasteiger partial charge in [0, 0.05) is 12.8 Å². The summed E-state index contributed by atoms with van der Waals surface area (Å²) in [6.45, 7) is 2.73. The summed E-state index contributed by atoms with van der Waals surface area (Å²) < 4.78 is 32.6. The number of carbonyl (C=O) groups excluding carboxylic acids is 2. The zero-order valence-electron chi connectivity index (χ0n) is 32.4. The Morgan fingerprint density at radius 2 is 1.02 bits per heavy atom. The third kappa shape index (κ3) is 34.8. The summed E-state index contributed by atoms with van der Waals surface area (Å²) in [5.41, 5.74) is 5.32. The molecule has 0 aromatic carbocycles. The minimum absolute atomic E-state index is 0.137. The molecule has 11 nitrogen and oxygen atoms in total. The number of nitrogens with two attached hydrogens (primary N) is 1. The number of phosphoric ester groups is 1. The van der Waals surface area contributed by atoms with Gasteiger partial charge in [0.2, 0.25) is 0 Å². The van der Waals surface area contributed by atoms with Gasteiger partial charge in [-0.3, -0.25) is 23.4 Å². The fourth-order valence-corrected chi connectivity index (χ4v) is 5.97. The highest BCUT2D eigenvalue weighted by Gasteiger charge is 2.28. The Morgan fingerprint density at radius 3 is 1.56 bits per heavy atom.